The Morgan fingerprint density at radius 2 is 1.24 bits per heavy atom. The smallest absolute Gasteiger partial charge is 0.270 e. The van der Waals surface area contributed by atoms with Crippen LogP contribution in [0.25, 0.3) is 11.4 Å². The minimum absolute atomic E-state index is 0.0646. The highest BCUT2D eigenvalue weighted by molar-refractivity contribution is 5.95. The topological polar surface area (TPSA) is 184 Å². The number of para-hydroxylation sites is 2. The van der Waals surface area contributed by atoms with Crippen LogP contribution in [0.5, 0.6) is 11.5 Å². The van der Waals surface area contributed by atoms with E-state index in [0.717, 1.165) is 39.4 Å². The number of benzene rings is 4. The van der Waals surface area contributed by atoms with E-state index < -0.39 is 18.1 Å². The number of nitrogens with one attached hydrogen (secondary N) is 2. The lowest BCUT2D eigenvalue weighted by atomic mass is 10.1. The molecule has 0 fully saturated rings. The maximum atomic E-state index is 13.7. The van der Waals surface area contributed by atoms with Gasteiger partial charge in [-0.2, -0.15) is 15.2 Å². The minimum atomic E-state index is -0.884. The Morgan fingerprint density at radius 3 is 1.85 bits per heavy atom. The van der Waals surface area contributed by atoms with Gasteiger partial charge in [0.1, 0.15) is 17.3 Å². The molecular weight excluding hydrogens is 791 g/mol. The van der Waals surface area contributed by atoms with Crippen molar-refractivity contribution in [2.45, 2.75) is 38.6 Å². The second kappa shape index (κ2) is 16.4. The van der Waals surface area contributed by atoms with Gasteiger partial charge in [-0.3, -0.25) is 14.9 Å². The third kappa shape index (κ3) is 8.18. The fourth-order valence-corrected chi connectivity index (χ4v) is 7.59. The third-order valence-corrected chi connectivity index (χ3v) is 10.6. The molecule has 2 N–H and O–H groups in total. The number of nitrogens with zero attached hydrogens (tertiary/aromatic N) is 9. The van der Waals surface area contributed by atoms with Crippen LogP contribution in [0.3, 0.4) is 0 Å². The summed E-state index contributed by atoms with van der Waals surface area (Å²) in [4.78, 5) is 35.5. The number of ether oxygens (including phenoxy) is 2. The van der Waals surface area contributed by atoms with Gasteiger partial charge in [-0.05, 0) is 82.5 Å². The average Bonchev–Trinajstić information content (AvgIpc) is 4.15. The summed E-state index contributed by atoms with van der Waals surface area (Å²) < 4.78 is 26.9. The molecule has 8 aromatic rings. The van der Waals surface area contributed by atoms with Crippen LogP contribution < -0.4 is 29.9 Å². The molecule has 10 rings (SSSR count). The number of anilines is 4. The van der Waals surface area contributed by atoms with Crippen LogP contribution in [0.2, 0.25) is 0 Å². The zero-order valence-corrected chi connectivity index (χ0v) is 33.4. The van der Waals surface area contributed by atoms with Crippen molar-refractivity contribution < 1.29 is 28.1 Å². The molecule has 2 unspecified atom stereocenters. The predicted molar refractivity (Wildman–Crippen MR) is 227 cm³/mol. The molecule has 0 radical (unpaired) electrons. The van der Waals surface area contributed by atoms with E-state index in [0.29, 0.717) is 49.2 Å². The Kier molecular flexibility index (Phi) is 10.1. The van der Waals surface area contributed by atoms with Crippen LogP contribution in [0.4, 0.5) is 23.1 Å². The van der Waals surface area contributed by atoms with E-state index in [1.54, 1.807) is 30.1 Å². The monoisotopic (exact) mass is 829 g/mol. The lowest BCUT2D eigenvalue weighted by Gasteiger charge is -2.36. The zero-order valence-electron chi connectivity index (χ0n) is 33.4. The summed E-state index contributed by atoms with van der Waals surface area (Å²) >= 11 is 0. The van der Waals surface area contributed by atoms with Crippen molar-refractivity contribution in [1.82, 2.24) is 34.9 Å². The quantitative estimate of drug-likeness (QED) is 0.143. The van der Waals surface area contributed by atoms with Gasteiger partial charge in [-0.25, -0.2) is 9.36 Å². The Bertz CT molecular complexity index is 2820. The third-order valence-electron chi connectivity index (χ3n) is 10.6. The highest BCUT2D eigenvalue weighted by Crippen LogP contribution is 2.37. The summed E-state index contributed by atoms with van der Waals surface area (Å²) in [6.07, 6.45) is 5.92. The van der Waals surface area contributed by atoms with Crippen molar-refractivity contribution in [2.24, 2.45) is 0 Å². The number of aromatic nitrogens is 7. The summed E-state index contributed by atoms with van der Waals surface area (Å²) in [6.45, 7) is 3.33. The van der Waals surface area contributed by atoms with Crippen LogP contribution in [-0.4, -0.2) is 72.0 Å². The first-order valence-corrected chi connectivity index (χ1v) is 20.0. The lowest BCUT2D eigenvalue weighted by molar-refractivity contribution is -0.123. The molecule has 2 atom stereocenters. The van der Waals surface area contributed by atoms with Crippen molar-refractivity contribution in [3.8, 4) is 22.9 Å². The van der Waals surface area contributed by atoms with E-state index in [-0.39, 0.29) is 24.2 Å². The first-order valence-electron chi connectivity index (χ1n) is 20.0. The Labute approximate surface area is 354 Å². The highest BCUT2D eigenvalue weighted by atomic mass is 16.5. The Balaban J connectivity index is 0.822. The van der Waals surface area contributed by atoms with E-state index in [1.165, 1.54) is 0 Å². The number of rotatable bonds is 12. The van der Waals surface area contributed by atoms with Gasteiger partial charge in [-0.1, -0.05) is 47.6 Å². The number of aryl methyl sites for hydroxylation is 1. The molecule has 0 bridgehead atoms. The Morgan fingerprint density at radius 1 is 0.645 bits per heavy atom. The molecule has 0 saturated heterocycles. The van der Waals surface area contributed by atoms with Crippen molar-refractivity contribution in [1.29, 1.82) is 0 Å². The highest BCUT2D eigenvalue weighted by Gasteiger charge is 2.33. The van der Waals surface area contributed by atoms with E-state index in [1.807, 2.05) is 108 Å². The first-order chi connectivity index (χ1) is 30.4. The van der Waals surface area contributed by atoms with Gasteiger partial charge < -0.3 is 33.6 Å². The van der Waals surface area contributed by atoms with E-state index >= 15 is 0 Å². The van der Waals surface area contributed by atoms with Crippen LogP contribution in [0, 0.1) is 6.92 Å². The van der Waals surface area contributed by atoms with Gasteiger partial charge in [-0.15, -0.1) is 0 Å². The molecule has 4 aromatic carbocycles. The lowest BCUT2D eigenvalue weighted by Crippen LogP contribution is -2.46. The minimum Gasteiger partial charge on any atom is -0.477 e. The number of carbonyl (C=O) groups excluding carboxylic acids is 2. The summed E-state index contributed by atoms with van der Waals surface area (Å²) in [6, 6.07) is 35.2. The summed E-state index contributed by atoms with van der Waals surface area (Å²) in [5, 5.41) is 22.2. The van der Waals surface area contributed by atoms with Gasteiger partial charge in [0, 0.05) is 57.3 Å². The zero-order chi connectivity index (χ0) is 42.0. The normalized spacial score (nSPS) is 15.6. The number of amides is 2. The molecule has 0 saturated carbocycles. The summed E-state index contributed by atoms with van der Waals surface area (Å²) in [5.41, 5.74) is 6.59. The van der Waals surface area contributed by atoms with Crippen LogP contribution in [0.15, 0.2) is 143 Å². The number of hydrogen-bond donors (Lipinski definition) is 2. The Hall–Kier alpha value is -8.21. The average molecular weight is 830 g/mol. The molecule has 62 heavy (non-hydrogen) atoms. The van der Waals surface area contributed by atoms with Crippen molar-refractivity contribution in [3.63, 3.8) is 0 Å². The molecular formula is C45H39N11O6. The van der Waals surface area contributed by atoms with Gasteiger partial charge >= 0.3 is 0 Å². The van der Waals surface area contributed by atoms with Crippen molar-refractivity contribution >= 4 is 35.0 Å². The fraction of sp³-hybridized carbons (Fsp3) is 0.178. The molecule has 2 amide bonds. The van der Waals surface area contributed by atoms with Crippen LogP contribution in [-0.2, 0) is 29.1 Å². The van der Waals surface area contributed by atoms with Gasteiger partial charge in [0.2, 0.25) is 5.89 Å². The molecule has 0 spiro atoms. The number of hydrogen-bond acceptors (Lipinski definition) is 13. The summed E-state index contributed by atoms with van der Waals surface area (Å²) in [7, 11) is 0. The maximum Gasteiger partial charge on any atom is 0.270 e. The van der Waals surface area contributed by atoms with Crippen molar-refractivity contribution in [3.05, 3.63) is 162 Å². The number of carbonyl (C=O) groups is 2. The second-order valence-corrected chi connectivity index (χ2v) is 14.9. The molecule has 17 heteroatoms. The molecule has 310 valence electrons. The standard InChI is InChI=1S/C45H39N11O6/c1-29-48-45(52-61-29)50-44(58)41-28-54(26-31-10-15-34(16-11-31)56-21-5-19-47-56)37-17-12-32(23-39(37)60-41)22-35-24-42(51-62-35)49-43(57)40-27-53(36-6-2-3-7-38(36)59-40)25-30-8-13-33(14-9-30)55-20-4-18-46-55/h2-21,23-24,40-41H,22,25-28H2,1H3,(H,49,51,57)(H,50,52,58). The van der Waals surface area contributed by atoms with Gasteiger partial charge in [0.15, 0.2) is 18.0 Å². The second-order valence-electron chi connectivity index (χ2n) is 14.9. The van der Waals surface area contributed by atoms with Crippen LogP contribution >= 0.6 is 0 Å². The predicted octanol–water partition coefficient (Wildman–Crippen LogP) is 6.14. The molecule has 6 heterocycles. The molecule has 2 aliphatic heterocycles. The van der Waals surface area contributed by atoms with Crippen LogP contribution in [0.1, 0.15) is 28.3 Å². The van der Waals surface area contributed by atoms with Crippen molar-refractivity contribution in [2.75, 3.05) is 33.5 Å². The fourth-order valence-electron chi connectivity index (χ4n) is 7.59. The number of fused-ring (bicyclic) bond motifs is 2. The summed E-state index contributed by atoms with van der Waals surface area (Å²) in [5.74, 6) is 1.55. The van der Waals surface area contributed by atoms with Gasteiger partial charge in [0.05, 0.1) is 35.8 Å². The SMILES string of the molecule is Cc1nc(NC(=O)C2CN(Cc3ccc(-n4cccn4)cc3)c3ccc(Cc4cc(NC(=O)C5CN(Cc6ccc(-n7cccn7)cc6)c6ccccc6O5)no4)cc3O2)no1. The van der Waals surface area contributed by atoms with E-state index in [4.69, 9.17) is 18.5 Å². The molecule has 0 aliphatic carbocycles. The molecule has 17 nitrogen and oxygen atoms in total. The largest absolute Gasteiger partial charge is 0.477 e. The van der Waals surface area contributed by atoms with E-state index in [9.17, 15) is 9.59 Å². The first kappa shape index (κ1) is 38.0. The molecule has 4 aromatic heterocycles. The van der Waals surface area contributed by atoms with Gasteiger partial charge in [0.25, 0.3) is 17.8 Å². The molecule has 2 aliphatic rings. The maximum absolute atomic E-state index is 13.7. The van der Waals surface area contributed by atoms with E-state index in [2.05, 4.69) is 58.1 Å².